The predicted molar refractivity (Wildman–Crippen MR) is 98.7 cm³/mol. The number of nitrogens with zero attached hydrogens (tertiary/aromatic N) is 1. The Balaban J connectivity index is 2.41. The molecule has 1 aromatic heterocycles. The van der Waals surface area contributed by atoms with E-state index in [-0.39, 0.29) is 10.8 Å². The molecule has 1 heterocycles. The van der Waals surface area contributed by atoms with Crippen LogP contribution in [0.25, 0.3) is 21.8 Å². The van der Waals surface area contributed by atoms with E-state index in [9.17, 15) is 4.91 Å². The van der Waals surface area contributed by atoms with Crippen molar-refractivity contribution in [1.29, 1.82) is 0 Å². The third kappa shape index (κ3) is 2.65. The molecule has 0 spiro atoms. The fourth-order valence-corrected chi connectivity index (χ4v) is 2.95. The molecule has 23 heavy (non-hydrogen) atoms. The highest BCUT2D eigenvalue weighted by Gasteiger charge is 2.20. The molecule has 0 aliphatic carbocycles. The largest absolute Gasteiger partial charge is 0.353 e. The Labute approximate surface area is 137 Å². The molecular weight excluding hydrogens is 284 g/mol. The maximum absolute atomic E-state index is 11.3. The van der Waals surface area contributed by atoms with Crippen molar-refractivity contribution in [2.45, 2.75) is 52.4 Å². The average molecular weight is 308 g/mol. The second kappa shape index (κ2) is 4.92. The second-order valence-electron chi connectivity index (χ2n) is 8.39. The van der Waals surface area contributed by atoms with Crippen molar-refractivity contribution in [3.8, 4) is 0 Å². The number of nitrogens with one attached hydrogen (secondary N) is 1. The molecule has 0 atom stereocenters. The summed E-state index contributed by atoms with van der Waals surface area (Å²) in [5.74, 6) is 0. The van der Waals surface area contributed by atoms with Gasteiger partial charge in [0.2, 0.25) is 0 Å². The minimum Gasteiger partial charge on any atom is -0.353 e. The topological polar surface area (TPSA) is 45.2 Å². The van der Waals surface area contributed by atoms with Gasteiger partial charge in [0.1, 0.15) is 5.69 Å². The molecule has 0 bridgehead atoms. The molecule has 0 aliphatic rings. The molecule has 0 saturated heterocycles. The molecule has 2 aromatic carbocycles. The van der Waals surface area contributed by atoms with E-state index in [0.29, 0.717) is 5.69 Å². The van der Waals surface area contributed by atoms with Gasteiger partial charge in [-0.2, -0.15) is 0 Å². The standard InChI is InChI=1S/C20H24N2O/c1-19(2,3)12-7-8-16-14(9-12)15-10-13(20(4,5)6)11-17(22-23)18(15)21-16/h7-11,21H,1-6H3. The van der Waals surface area contributed by atoms with Crippen LogP contribution in [0.1, 0.15) is 52.7 Å². The average Bonchev–Trinajstić information content (AvgIpc) is 2.82. The molecule has 0 unspecified atom stereocenters. The summed E-state index contributed by atoms with van der Waals surface area (Å²) in [7, 11) is 0. The second-order valence-corrected chi connectivity index (χ2v) is 8.39. The Morgan fingerprint density at radius 3 is 2.00 bits per heavy atom. The van der Waals surface area contributed by atoms with Crippen molar-refractivity contribution in [2.24, 2.45) is 5.18 Å². The van der Waals surface area contributed by atoms with E-state index in [1.54, 1.807) is 0 Å². The van der Waals surface area contributed by atoms with Crippen LogP contribution in [0.4, 0.5) is 5.69 Å². The first kappa shape index (κ1) is 15.7. The van der Waals surface area contributed by atoms with Crippen LogP contribution < -0.4 is 0 Å². The Morgan fingerprint density at radius 1 is 0.826 bits per heavy atom. The van der Waals surface area contributed by atoms with E-state index >= 15 is 0 Å². The number of rotatable bonds is 1. The molecule has 3 rings (SSSR count). The molecule has 0 radical (unpaired) electrons. The van der Waals surface area contributed by atoms with Gasteiger partial charge in [0.05, 0.1) is 5.52 Å². The van der Waals surface area contributed by atoms with E-state index in [4.69, 9.17) is 0 Å². The van der Waals surface area contributed by atoms with Crippen LogP contribution in [0.3, 0.4) is 0 Å². The summed E-state index contributed by atoms with van der Waals surface area (Å²) in [5, 5.41) is 5.49. The molecule has 0 amide bonds. The van der Waals surface area contributed by atoms with Crippen molar-refractivity contribution in [1.82, 2.24) is 4.98 Å². The highest BCUT2D eigenvalue weighted by molar-refractivity contribution is 6.11. The number of hydrogen-bond donors (Lipinski definition) is 1. The SMILES string of the molecule is CC(C)(C)c1ccc2[nH]c3c(N=O)cc(C(C)(C)C)cc3c2c1. The molecule has 0 saturated carbocycles. The van der Waals surface area contributed by atoms with Crippen molar-refractivity contribution in [2.75, 3.05) is 0 Å². The van der Waals surface area contributed by atoms with E-state index in [0.717, 1.165) is 27.4 Å². The smallest absolute Gasteiger partial charge is 0.132 e. The first-order valence-electron chi connectivity index (χ1n) is 8.05. The zero-order valence-electron chi connectivity index (χ0n) is 14.7. The van der Waals surface area contributed by atoms with Gasteiger partial charge in [-0.1, -0.05) is 47.6 Å². The molecule has 120 valence electrons. The molecule has 3 aromatic rings. The van der Waals surface area contributed by atoms with Gasteiger partial charge in [-0.3, -0.25) is 0 Å². The van der Waals surface area contributed by atoms with Crippen LogP contribution >= 0.6 is 0 Å². The third-order valence-corrected chi connectivity index (χ3v) is 4.52. The fraction of sp³-hybridized carbons (Fsp3) is 0.400. The summed E-state index contributed by atoms with van der Waals surface area (Å²) < 4.78 is 0. The van der Waals surface area contributed by atoms with Gasteiger partial charge in [-0.15, -0.1) is 4.91 Å². The predicted octanol–water partition coefficient (Wildman–Crippen LogP) is 6.31. The Kier molecular flexibility index (Phi) is 3.36. The summed E-state index contributed by atoms with van der Waals surface area (Å²) in [5.41, 5.74) is 4.83. The number of benzene rings is 2. The lowest BCUT2D eigenvalue weighted by molar-refractivity contribution is 0.590. The highest BCUT2D eigenvalue weighted by Crippen LogP contribution is 2.38. The summed E-state index contributed by atoms with van der Waals surface area (Å²) >= 11 is 0. The number of aromatic nitrogens is 1. The van der Waals surface area contributed by atoms with Crippen LogP contribution in [0.15, 0.2) is 35.5 Å². The summed E-state index contributed by atoms with van der Waals surface area (Å²) in [6, 6.07) is 10.6. The minimum atomic E-state index is -0.0289. The summed E-state index contributed by atoms with van der Waals surface area (Å²) in [4.78, 5) is 14.7. The Hall–Kier alpha value is -2.16. The Bertz CT molecular complexity index is 905. The lowest BCUT2D eigenvalue weighted by Crippen LogP contribution is -2.11. The molecule has 0 fully saturated rings. The summed E-state index contributed by atoms with van der Waals surface area (Å²) in [6.45, 7) is 13.1. The van der Waals surface area contributed by atoms with Gasteiger partial charge in [-0.05, 0) is 51.4 Å². The van der Waals surface area contributed by atoms with Crippen molar-refractivity contribution in [3.63, 3.8) is 0 Å². The third-order valence-electron chi connectivity index (χ3n) is 4.52. The number of nitroso groups, excluding NO2 is 1. The lowest BCUT2D eigenvalue weighted by atomic mass is 9.84. The monoisotopic (exact) mass is 308 g/mol. The minimum absolute atomic E-state index is 0.0289. The van der Waals surface area contributed by atoms with E-state index < -0.39 is 0 Å². The van der Waals surface area contributed by atoms with Crippen LogP contribution in [-0.2, 0) is 10.8 Å². The van der Waals surface area contributed by atoms with Crippen LogP contribution in [0, 0.1) is 4.91 Å². The maximum Gasteiger partial charge on any atom is 0.132 e. The van der Waals surface area contributed by atoms with Crippen molar-refractivity contribution < 1.29 is 0 Å². The number of fused-ring (bicyclic) bond motifs is 3. The van der Waals surface area contributed by atoms with Gasteiger partial charge in [0.15, 0.2) is 0 Å². The van der Waals surface area contributed by atoms with E-state index in [1.807, 2.05) is 6.07 Å². The van der Waals surface area contributed by atoms with E-state index in [1.165, 1.54) is 5.56 Å². The van der Waals surface area contributed by atoms with Crippen LogP contribution in [0.2, 0.25) is 0 Å². The van der Waals surface area contributed by atoms with E-state index in [2.05, 4.69) is 76.0 Å². The quantitative estimate of drug-likeness (QED) is 0.526. The fourth-order valence-electron chi connectivity index (χ4n) is 2.95. The molecule has 1 N–H and O–H groups in total. The Morgan fingerprint density at radius 2 is 1.43 bits per heavy atom. The van der Waals surface area contributed by atoms with Crippen molar-refractivity contribution in [3.05, 3.63) is 46.4 Å². The molecule has 3 nitrogen and oxygen atoms in total. The zero-order chi connectivity index (χ0) is 17.0. The van der Waals surface area contributed by atoms with Gasteiger partial charge >= 0.3 is 0 Å². The van der Waals surface area contributed by atoms with Gasteiger partial charge in [-0.25, -0.2) is 0 Å². The summed E-state index contributed by atoms with van der Waals surface area (Å²) in [6.07, 6.45) is 0. The zero-order valence-corrected chi connectivity index (χ0v) is 14.7. The van der Waals surface area contributed by atoms with Gasteiger partial charge < -0.3 is 4.98 Å². The molecule has 3 heteroatoms. The number of H-pyrrole nitrogens is 1. The van der Waals surface area contributed by atoms with Crippen LogP contribution in [-0.4, -0.2) is 4.98 Å². The highest BCUT2D eigenvalue weighted by atomic mass is 16.3. The lowest BCUT2D eigenvalue weighted by Gasteiger charge is -2.20. The number of hydrogen-bond acceptors (Lipinski definition) is 2. The number of aromatic amines is 1. The maximum atomic E-state index is 11.3. The molecule has 0 aliphatic heterocycles. The van der Waals surface area contributed by atoms with Gasteiger partial charge in [0.25, 0.3) is 0 Å². The first-order valence-corrected chi connectivity index (χ1v) is 8.05. The molecular formula is C20H24N2O. The van der Waals surface area contributed by atoms with Crippen LogP contribution in [0.5, 0.6) is 0 Å². The normalized spacial score (nSPS) is 13.0. The van der Waals surface area contributed by atoms with Gasteiger partial charge in [0, 0.05) is 16.3 Å². The first-order chi connectivity index (χ1) is 10.6. The van der Waals surface area contributed by atoms with Crippen molar-refractivity contribution >= 4 is 27.5 Å².